The van der Waals surface area contributed by atoms with Gasteiger partial charge in [0.05, 0.1) is 19.7 Å². The standard InChI is InChI=1S/C23H39N5O3.HI/c1-5-24-23(26-11-17-31-21-9-7-6-8-20(21)19(2)3)28-14-12-27(13-15-28)18-22(29)25-10-16-30-4;/h6-9,19H,5,10-18H2,1-4H3,(H,24,26)(H,25,29);1H. The number of hydrogen-bond acceptors (Lipinski definition) is 5. The summed E-state index contributed by atoms with van der Waals surface area (Å²) in [5.41, 5.74) is 1.22. The Hall–Kier alpha value is -1.59. The molecule has 1 aromatic carbocycles. The van der Waals surface area contributed by atoms with Crippen molar-refractivity contribution in [1.29, 1.82) is 0 Å². The number of carbonyl (C=O) groups is 1. The van der Waals surface area contributed by atoms with E-state index in [-0.39, 0.29) is 29.9 Å². The van der Waals surface area contributed by atoms with Crippen molar-refractivity contribution < 1.29 is 14.3 Å². The van der Waals surface area contributed by atoms with Gasteiger partial charge in [0.15, 0.2) is 5.96 Å². The van der Waals surface area contributed by atoms with Crippen LogP contribution in [0.2, 0.25) is 0 Å². The first-order valence-corrected chi connectivity index (χ1v) is 11.3. The summed E-state index contributed by atoms with van der Waals surface area (Å²) in [7, 11) is 1.63. The molecule has 1 aliphatic rings. The van der Waals surface area contributed by atoms with Crippen LogP contribution in [0, 0.1) is 0 Å². The molecule has 1 aromatic rings. The molecule has 182 valence electrons. The molecule has 2 rings (SSSR count). The lowest BCUT2D eigenvalue weighted by atomic mass is 10.0. The van der Waals surface area contributed by atoms with Gasteiger partial charge in [-0.3, -0.25) is 9.69 Å². The molecule has 0 radical (unpaired) electrons. The summed E-state index contributed by atoms with van der Waals surface area (Å²) >= 11 is 0. The molecule has 2 N–H and O–H groups in total. The van der Waals surface area contributed by atoms with Crippen molar-refractivity contribution >= 4 is 35.8 Å². The van der Waals surface area contributed by atoms with Crippen molar-refractivity contribution in [3.8, 4) is 5.75 Å². The molecule has 32 heavy (non-hydrogen) atoms. The van der Waals surface area contributed by atoms with E-state index in [1.807, 2.05) is 18.2 Å². The number of nitrogens with zero attached hydrogens (tertiary/aromatic N) is 3. The summed E-state index contributed by atoms with van der Waals surface area (Å²) in [5.74, 6) is 2.32. The van der Waals surface area contributed by atoms with Crippen molar-refractivity contribution in [2.45, 2.75) is 26.7 Å². The largest absolute Gasteiger partial charge is 0.491 e. The molecular formula is C23H40IN5O3. The Bertz CT molecular complexity index is 694. The topological polar surface area (TPSA) is 78.4 Å². The minimum absolute atomic E-state index is 0. The van der Waals surface area contributed by atoms with E-state index in [9.17, 15) is 4.79 Å². The van der Waals surface area contributed by atoms with Gasteiger partial charge in [0.1, 0.15) is 12.4 Å². The van der Waals surface area contributed by atoms with Crippen LogP contribution in [0.4, 0.5) is 0 Å². The van der Waals surface area contributed by atoms with Crippen molar-refractivity contribution in [1.82, 2.24) is 20.4 Å². The minimum Gasteiger partial charge on any atom is -0.491 e. The predicted molar refractivity (Wildman–Crippen MR) is 140 cm³/mol. The Kier molecular flexibility index (Phi) is 14.3. The molecule has 0 aromatic heterocycles. The maximum absolute atomic E-state index is 12.0. The number of hydrogen-bond donors (Lipinski definition) is 2. The first kappa shape index (κ1) is 28.4. The summed E-state index contributed by atoms with van der Waals surface area (Å²) in [6.45, 7) is 13.2. The van der Waals surface area contributed by atoms with Crippen LogP contribution in [0.5, 0.6) is 5.75 Å². The highest BCUT2D eigenvalue weighted by molar-refractivity contribution is 14.0. The third-order valence-electron chi connectivity index (χ3n) is 5.15. The number of methoxy groups -OCH3 is 1. The number of para-hydroxylation sites is 1. The van der Waals surface area contributed by atoms with Crippen LogP contribution >= 0.6 is 24.0 Å². The van der Waals surface area contributed by atoms with E-state index < -0.39 is 0 Å². The Morgan fingerprint density at radius 2 is 1.84 bits per heavy atom. The summed E-state index contributed by atoms with van der Waals surface area (Å²) in [4.78, 5) is 21.2. The zero-order chi connectivity index (χ0) is 22.5. The molecule has 0 aliphatic carbocycles. The zero-order valence-corrected chi connectivity index (χ0v) is 22.3. The van der Waals surface area contributed by atoms with Crippen molar-refractivity contribution in [2.75, 3.05) is 72.7 Å². The average molecular weight is 562 g/mol. The number of carbonyl (C=O) groups excluding carboxylic acids is 1. The van der Waals surface area contributed by atoms with Crippen LogP contribution < -0.4 is 15.4 Å². The van der Waals surface area contributed by atoms with Gasteiger partial charge in [-0.05, 0) is 24.5 Å². The monoisotopic (exact) mass is 561 g/mol. The Balaban J connectivity index is 0.00000512. The van der Waals surface area contributed by atoms with Gasteiger partial charge in [0.2, 0.25) is 5.91 Å². The molecule has 1 heterocycles. The lowest BCUT2D eigenvalue weighted by Gasteiger charge is -2.36. The molecule has 8 nitrogen and oxygen atoms in total. The van der Waals surface area contributed by atoms with E-state index >= 15 is 0 Å². The third-order valence-corrected chi connectivity index (χ3v) is 5.15. The van der Waals surface area contributed by atoms with Crippen LogP contribution in [0.1, 0.15) is 32.3 Å². The predicted octanol–water partition coefficient (Wildman–Crippen LogP) is 2.15. The van der Waals surface area contributed by atoms with Crippen molar-refractivity contribution in [3.63, 3.8) is 0 Å². The van der Waals surface area contributed by atoms with Crippen molar-refractivity contribution in [3.05, 3.63) is 29.8 Å². The van der Waals surface area contributed by atoms with E-state index in [0.717, 1.165) is 44.4 Å². The number of halogens is 1. The van der Waals surface area contributed by atoms with Crippen LogP contribution in [0.15, 0.2) is 29.3 Å². The summed E-state index contributed by atoms with van der Waals surface area (Å²) in [5, 5.41) is 6.25. The molecule has 0 atom stereocenters. The van der Waals surface area contributed by atoms with Gasteiger partial charge in [0, 0.05) is 46.4 Å². The molecule has 1 amide bonds. The fourth-order valence-corrected chi connectivity index (χ4v) is 3.49. The molecular weight excluding hydrogens is 521 g/mol. The van der Waals surface area contributed by atoms with E-state index in [4.69, 9.17) is 14.5 Å². The summed E-state index contributed by atoms with van der Waals surface area (Å²) < 4.78 is 11.0. The van der Waals surface area contributed by atoms with Gasteiger partial charge in [-0.1, -0.05) is 32.0 Å². The highest BCUT2D eigenvalue weighted by Crippen LogP contribution is 2.25. The number of amides is 1. The molecule has 1 aliphatic heterocycles. The van der Waals surface area contributed by atoms with E-state index in [1.54, 1.807) is 7.11 Å². The van der Waals surface area contributed by atoms with E-state index in [1.165, 1.54) is 5.56 Å². The van der Waals surface area contributed by atoms with Crippen LogP contribution in [0.25, 0.3) is 0 Å². The normalized spacial score (nSPS) is 14.8. The maximum atomic E-state index is 12.0. The first-order valence-electron chi connectivity index (χ1n) is 11.3. The second-order valence-corrected chi connectivity index (χ2v) is 7.88. The highest BCUT2D eigenvalue weighted by atomic mass is 127. The SMILES string of the molecule is CCNC(=NCCOc1ccccc1C(C)C)N1CCN(CC(=O)NCCOC)CC1.I. The molecule has 0 spiro atoms. The van der Waals surface area contributed by atoms with Gasteiger partial charge in [0.25, 0.3) is 0 Å². The van der Waals surface area contributed by atoms with Gasteiger partial charge < -0.3 is 25.0 Å². The Labute approximate surface area is 210 Å². The number of nitrogens with one attached hydrogen (secondary N) is 2. The summed E-state index contributed by atoms with van der Waals surface area (Å²) in [6, 6.07) is 8.19. The second kappa shape index (κ2) is 16.1. The summed E-state index contributed by atoms with van der Waals surface area (Å²) in [6.07, 6.45) is 0. The smallest absolute Gasteiger partial charge is 0.234 e. The van der Waals surface area contributed by atoms with E-state index in [0.29, 0.717) is 38.8 Å². The van der Waals surface area contributed by atoms with E-state index in [2.05, 4.69) is 47.3 Å². The molecule has 1 saturated heterocycles. The number of piperazine rings is 1. The number of benzene rings is 1. The quantitative estimate of drug-likeness (QED) is 0.187. The van der Waals surface area contributed by atoms with Crippen LogP contribution in [-0.2, 0) is 9.53 Å². The highest BCUT2D eigenvalue weighted by Gasteiger charge is 2.21. The lowest BCUT2D eigenvalue weighted by molar-refractivity contribution is -0.122. The number of guanidine groups is 1. The molecule has 0 bridgehead atoms. The van der Waals surface area contributed by atoms with Gasteiger partial charge in [-0.25, -0.2) is 4.99 Å². The molecule has 0 saturated carbocycles. The zero-order valence-electron chi connectivity index (χ0n) is 19.9. The number of rotatable bonds is 11. The second-order valence-electron chi connectivity index (χ2n) is 7.88. The van der Waals surface area contributed by atoms with Crippen LogP contribution in [-0.4, -0.2) is 94.3 Å². The van der Waals surface area contributed by atoms with Gasteiger partial charge >= 0.3 is 0 Å². The lowest BCUT2D eigenvalue weighted by Crippen LogP contribution is -2.54. The third kappa shape index (κ3) is 9.91. The fraction of sp³-hybridized carbons (Fsp3) is 0.652. The molecule has 0 unspecified atom stereocenters. The van der Waals surface area contributed by atoms with Gasteiger partial charge in [-0.15, -0.1) is 24.0 Å². The Morgan fingerprint density at radius 3 is 2.50 bits per heavy atom. The number of aliphatic imine (C=N–C) groups is 1. The van der Waals surface area contributed by atoms with Crippen LogP contribution in [0.3, 0.4) is 0 Å². The molecule has 9 heteroatoms. The van der Waals surface area contributed by atoms with Gasteiger partial charge in [-0.2, -0.15) is 0 Å². The fourth-order valence-electron chi connectivity index (χ4n) is 3.49. The van der Waals surface area contributed by atoms with Crippen molar-refractivity contribution in [2.24, 2.45) is 4.99 Å². The number of ether oxygens (including phenoxy) is 2. The average Bonchev–Trinajstić information content (AvgIpc) is 2.77. The molecule has 1 fully saturated rings. The maximum Gasteiger partial charge on any atom is 0.234 e. The minimum atomic E-state index is 0. The Morgan fingerprint density at radius 1 is 1.12 bits per heavy atom. The first-order chi connectivity index (χ1) is 15.0.